The number of non-ortho nitro benzene ring substituents is 1. The normalized spacial score (nSPS) is 14.6. The molecule has 39 heavy (non-hydrogen) atoms. The van der Waals surface area contributed by atoms with Crippen molar-refractivity contribution >= 4 is 46.0 Å². The van der Waals surface area contributed by atoms with E-state index < -0.39 is 16.9 Å². The molecule has 0 radical (unpaired) electrons. The number of carbonyl (C=O) groups excluding carboxylic acids is 2. The Bertz CT molecular complexity index is 1650. The Kier molecular flexibility index (Phi) is 6.89. The Labute approximate surface area is 222 Å². The van der Waals surface area contributed by atoms with Gasteiger partial charge < -0.3 is 21.1 Å². The van der Waals surface area contributed by atoms with E-state index in [1.54, 1.807) is 36.4 Å². The molecule has 1 fully saturated rings. The molecule has 11 nitrogen and oxygen atoms in total. The van der Waals surface area contributed by atoms with Crippen molar-refractivity contribution in [1.29, 1.82) is 0 Å². The molecule has 2 heterocycles. The number of nitrogens with one attached hydrogen (secondary N) is 3. The topological polar surface area (TPSA) is 176 Å². The molecule has 1 aliphatic rings. The van der Waals surface area contributed by atoms with E-state index in [-0.39, 0.29) is 17.3 Å². The SMILES string of the molecule is NCCCc1ccc(C(=Nc2ccc(C=C3NC(=O)NC3=O)cc2)c2c(O)[nH]c3ccc([N+](=O)[O-])cc23)cc1. The van der Waals surface area contributed by atoms with Crippen LogP contribution in [-0.4, -0.2) is 39.2 Å². The van der Waals surface area contributed by atoms with Crippen molar-refractivity contribution in [3.05, 3.63) is 105 Å². The highest BCUT2D eigenvalue weighted by Crippen LogP contribution is 2.34. The highest BCUT2D eigenvalue weighted by atomic mass is 16.6. The van der Waals surface area contributed by atoms with Gasteiger partial charge >= 0.3 is 6.03 Å². The molecule has 1 saturated heterocycles. The van der Waals surface area contributed by atoms with Crippen molar-refractivity contribution in [1.82, 2.24) is 15.6 Å². The van der Waals surface area contributed by atoms with Gasteiger partial charge in [-0.2, -0.15) is 0 Å². The zero-order valence-corrected chi connectivity index (χ0v) is 20.6. The lowest BCUT2D eigenvalue weighted by Gasteiger charge is -2.09. The highest BCUT2D eigenvalue weighted by Gasteiger charge is 2.23. The van der Waals surface area contributed by atoms with Crippen molar-refractivity contribution in [2.24, 2.45) is 10.7 Å². The van der Waals surface area contributed by atoms with Gasteiger partial charge in [0.25, 0.3) is 11.6 Å². The van der Waals surface area contributed by atoms with E-state index in [1.165, 1.54) is 12.1 Å². The second-order valence-corrected chi connectivity index (χ2v) is 8.94. The van der Waals surface area contributed by atoms with Gasteiger partial charge in [-0.05, 0) is 54.8 Å². The number of imide groups is 1. The first kappa shape index (κ1) is 25.4. The fraction of sp³-hybridized carbons (Fsp3) is 0.107. The Morgan fingerprint density at radius 2 is 1.77 bits per heavy atom. The number of H-pyrrole nitrogens is 1. The van der Waals surface area contributed by atoms with Crippen molar-refractivity contribution in [2.45, 2.75) is 12.8 Å². The molecular weight excluding hydrogens is 500 g/mol. The van der Waals surface area contributed by atoms with Crippen molar-refractivity contribution in [3.63, 3.8) is 0 Å². The van der Waals surface area contributed by atoms with E-state index in [9.17, 15) is 24.8 Å². The smallest absolute Gasteiger partial charge is 0.326 e. The van der Waals surface area contributed by atoms with Gasteiger partial charge in [0.2, 0.25) is 0 Å². The second kappa shape index (κ2) is 10.6. The zero-order valence-electron chi connectivity index (χ0n) is 20.6. The quantitative estimate of drug-likeness (QED) is 0.0764. The standard InChI is InChI=1S/C28H24N6O5/c29-13-1-2-16-3-7-18(8-4-16)25(24-21-15-20(34(38)39)11-12-22(21)31-27(24)36)30-19-9-5-17(6-10-19)14-23-26(35)33-28(37)32-23/h3-12,14-15,31,36H,1-2,13,29H2,(H2,32,33,35,37). The van der Waals surface area contributed by atoms with E-state index in [0.717, 1.165) is 18.4 Å². The molecule has 6 N–H and O–H groups in total. The number of aromatic hydroxyl groups is 1. The molecule has 4 aromatic rings. The number of aromatic amines is 1. The molecule has 0 unspecified atom stereocenters. The molecule has 196 valence electrons. The Balaban J connectivity index is 1.59. The van der Waals surface area contributed by atoms with Gasteiger partial charge in [0.05, 0.1) is 21.9 Å². The van der Waals surface area contributed by atoms with Gasteiger partial charge in [-0.15, -0.1) is 0 Å². The molecule has 3 amide bonds. The summed E-state index contributed by atoms with van der Waals surface area (Å²) in [6, 6.07) is 18.4. The average molecular weight is 525 g/mol. The lowest BCUT2D eigenvalue weighted by atomic mass is 9.98. The molecule has 0 saturated carbocycles. The number of amides is 3. The maximum Gasteiger partial charge on any atom is 0.326 e. The van der Waals surface area contributed by atoms with Crippen molar-refractivity contribution in [3.8, 4) is 5.88 Å². The number of nitrogens with two attached hydrogens (primary N) is 1. The summed E-state index contributed by atoms with van der Waals surface area (Å²) in [5.74, 6) is -0.677. The van der Waals surface area contributed by atoms with Crippen LogP contribution in [0.25, 0.3) is 17.0 Å². The van der Waals surface area contributed by atoms with Crippen LogP contribution < -0.4 is 16.4 Å². The number of nitro groups is 1. The Hall–Kier alpha value is -5.29. The van der Waals surface area contributed by atoms with Crippen LogP contribution in [0.2, 0.25) is 0 Å². The van der Waals surface area contributed by atoms with E-state index in [0.29, 0.717) is 45.5 Å². The molecule has 0 aliphatic carbocycles. The zero-order chi connectivity index (χ0) is 27.5. The molecule has 0 spiro atoms. The first-order valence-electron chi connectivity index (χ1n) is 12.1. The third kappa shape index (κ3) is 5.38. The van der Waals surface area contributed by atoms with E-state index in [2.05, 4.69) is 15.6 Å². The number of nitro benzene ring substituents is 1. The molecule has 11 heteroatoms. The largest absolute Gasteiger partial charge is 0.494 e. The van der Waals surface area contributed by atoms with Gasteiger partial charge in [0.15, 0.2) is 5.88 Å². The van der Waals surface area contributed by atoms with Crippen LogP contribution in [0.1, 0.15) is 28.7 Å². The fourth-order valence-electron chi connectivity index (χ4n) is 4.34. The summed E-state index contributed by atoms with van der Waals surface area (Å²) in [4.78, 5) is 41.9. The first-order valence-corrected chi connectivity index (χ1v) is 12.1. The molecule has 1 aromatic heterocycles. The minimum absolute atomic E-state index is 0.111. The number of aromatic nitrogens is 1. The predicted octanol–water partition coefficient (Wildman–Crippen LogP) is 4.02. The van der Waals surface area contributed by atoms with Crippen molar-refractivity contribution in [2.75, 3.05) is 6.54 Å². The number of aliphatic imine (C=N–C) groups is 1. The van der Waals surface area contributed by atoms with Gasteiger partial charge in [-0.3, -0.25) is 20.2 Å². The number of benzene rings is 3. The van der Waals surface area contributed by atoms with E-state index in [1.807, 2.05) is 24.3 Å². The summed E-state index contributed by atoms with van der Waals surface area (Å²) in [5.41, 5.74) is 9.94. The first-order chi connectivity index (χ1) is 18.8. The van der Waals surface area contributed by atoms with Gasteiger partial charge in [-0.1, -0.05) is 36.4 Å². The van der Waals surface area contributed by atoms with E-state index in [4.69, 9.17) is 10.7 Å². The molecule has 0 bridgehead atoms. The van der Waals surface area contributed by atoms with Crippen molar-refractivity contribution < 1.29 is 19.6 Å². The van der Waals surface area contributed by atoms with Crippen LogP contribution in [0.15, 0.2) is 77.4 Å². The maximum atomic E-state index is 11.8. The minimum atomic E-state index is -0.579. The number of nitrogens with zero attached hydrogens (tertiary/aromatic N) is 2. The molecule has 5 rings (SSSR count). The van der Waals surface area contributed by atoms with Crippen LogP contribution in [0.4, 0.5) is 16.2 Å². The highest BCUT2D eigenvalue weighted by molar-refractivity contribution is 6.22. The summed E-state index contributed by atoms with van der Waals surface area (Å²) < 4.78 is 0. The monoisotopic (exact) mass is 524 g/mol. The molecule has 0 atom stereocenters. The number of urea groups is 1. The third-order valence-electron chi connectivity index (χ3n) is 6.27. The Morgan fingerprint density at radius 1 is 1.03 bits per heavy atom. The number of carbonyl (C=O) groups is 2. The maximum absolute atomic E-state index is 11.8. The van der Waals surface area contributed by atoms with Crippen LogP contribution in [0.5, 0.6) is 5.88 Å². The number of fused-ring (bicyclic) bond motifs is 1. The number of rotatable bonds is 8. The summed E-state index contributed by atoms with van der Waals surface area (Å²) in [7, 11) is 0. The fourth-order valence-corrected chi connectivity index (χ4v) is 4.34. The van der Waals surface area contributed by atoms with Gasteiger partial charge in [0.1, 0.15) is 5.70 Å². The summed E-state index contributed by atoms with van der Waals surface area (Å²) in [6.07, 6.45) is 3.21. The average Bonchev–Trinajstić information content (AvgIpc) is 3.43. The summed E-state index contributed by atoms with van der Waals surface area (Å²) in [6.45, 7) is 0.584. The van der Waals surface area contributed by atoms with Crippen LogP contribution in [0.3, 0.4) is 0 Å². The predicted molar refractivity (Wildman–Crippen MR) is 147 cm³/mol. The number of aryl methyl sites for hydroxylation is 1. The lowest BCUT2D eigenvalue weighted by Crippen LogP contribution is -2.22. The number of hydrogen-bond donors (Lipinski definition) is 5. The van der Waals surface area contributed by atoms with Gasteiger partial charge in [0, 0.05) is 28.6 Å². The number of hydrogen-bond acceptors (Lipinski definition) is 7. The summed E-state index contributed by atoms with van der Waals surface area (Å²) in [5, 5.41) is 27.4. The van der Waals surface area contributed by atoms with Crippen LogP contribution in [0, 0.1) is 10.1 Å². The third-order valence-corrected chi connectivity index (χ3v) is 6.27. The van der Waals surface area contributed by atoms with Crippen LogP contribution >= 0.6 is 0 Å². The minimum Gasteiger partial charge on any atom is -0.494 e. The van der Waals surface area contributed by atoms with Gasteiger partial charge in [-0.25, -0.2) is 9.79 Å². The molecular formula is C28H24N6O5. The molecule has 1 aliphatic heterocycles. The van der Waals surface area contributed by atoms with Crippen LogP contribution in [-0.2, 0) is 11.2 Å². The molecule has 3 aromatic carbocycles. The Morgan fingerprint density at radius 3 is 2.41 bits per heavy atom. The second-order valence-electron chi connectivity index (χ2n) is 8.94. The summed E-state index contributed by atoms with van der Waals surface area (Å²) >= 11 is 0. The lowest BCUT2D eigenvalue weighted by molar-refractivity contribution is -0.384. The van der Waals surface area contributed by atoms with E-state index >= 15 is 0 Å².